The zero-order valence-corrected chi connectivity index (χ0v) is 19.9. The van der Waals surface area contributed by atoms with Gasteiger partial charge in [-0.1, -0.05) is 42.0 Å². The Morgan fingerprint density at radius 1 is 0.853 bits per heavy atom. The third kappa shape index (κ3) is 3.23. The van der Waals surface area contributed by atoms with Gasteiger partial charge in [0.25, 0.3) is 0 Å². The molecule has 3 aliphatic rings. The van der Waals surface area contributed by atoms with Gasteiger partial charge in [0.1, 0.15) is 5.75 Å². The van der Waals surface area contributed by atoms with Crippen LogP contribution in [0.2, 0.25) is 0 Å². The van der Waals surface area contributed by atoms with E-state index in [1.54, 1.807) is 7.11 Å². The van der Waals surface area contributed by atoms with Crippen molar-refractivity contribution in [1.82, 2.24) is 4.90 Å². The van der Waals surface area contributed by atoms with Crippen LogP contribution in [0.3, 0.4) is 0 Å². The van der Waals surface area contributed by atoms with Crippen LogP contribution in [0.1, 0.15) is 34.7 Å². The molecule has 5 heteroatoms. The van der Waals surface area contributed by atoms with Gasteiger partial charge in [0.05, 0.1) is 25.9 Å². The number of ether oxygens (including phenoxy) is 4. The number of rotatable bonds is 4. The van der Waals surface area contributed by atoms with Gasteiger partial charge in [0.15, 0.2) is 11.5 Å². The van der Waals surface area contributed by atoms with E-state index in [2.05, 4.69) is 67.3 Å². The molecule has 3 aromatic carbocycles. The summed E-state index contributed by atoms with van der Waals surface area (Å²) in [5, 5.41) is 0. The van der Waals surface area contributed by atoms with Gasteiger partial charge < -0.3 is 18.9 Å². The molecular weight excluding hydrogens is 426 g/mol. The quantitative estimate of drug-likeness (QED) is 0.537. The average molecular weight is 456 g/mol. The second-order valence-corrected chi connectivity index (χ2v) is 9.27. The van der Waals surface area contributed by atoms with E-state index < -0.39 is 0 Å². The van der Waals surface area contributed by atoms with Crippen molar-refractivity contribution in [2.24, 2.45) is 0 Å². The van der Waals surface area contributed by atoms with E-state index in [9.17, 15) is 0 Å². The van der Waals surface area contributed by atoms with Crippen LogP contribution >= 0.6 is 0 Å². The second-order valence-electron chi connectivity index (χ2n) is 9.27. The van der Waals surface area contributed by atoms with Crippen LogP contribution in [0.15, 0.2) is 60.7 Å². The highest BCUT2D eigenvalue weighted by molar-refractivity contribution is 6.07. The molecule has 0 N–H and O–H groups in total. The highest BCUT2D eigenvalue weighted by atomic mass is 16.7. The van der Waals surface area contributed by atoms with E-state index in [0.717, 1.165) is 43.6 Å². The molecule has 0 saturated carbocycles. The maximum Gasteiger partial charge on any atom is 0.231 e. The number of morpholine rings is 1. The van der Waals surface area contributed by atoms with Crippen LogP contribution in [-0.4, -0.2) is 45.1 Å². The standard InChI is InChI=1S/C29H29NO4/c1-19-4-6-20(7-5-19)27-23-16-25-26(34-18-33-25)17-24(23)29(2,30-12-14-32-15-13-30)28(27)21-8-10-22(31-3)11-9-21/h4-11,16-17H,12-15,18H2,1-3H3. The minimum atomic E-state index is -0.352. The maximum absolute atomic E-state index is 5.83. The van der Waals surface area contributed by atoms with Crippen LogP contribution in [0, 0.1) is 6.92 Å². The summed E-state index contributed by atoms with van der Waals surface area (Å²) in [5.74, 6) is 2.48. The lowest BCUT2D eigenvalue weighted by atomic mass is 9.81. The van der Waals surface area contributed by atoms with Crippen molar-refractivity contribution in [3.63, 3.8) is 0 Å². The molecule has 0 radical (unpaired) electrons. The molecule has 1 aliphatic carbocycles. The Labute approximate surface area is 200 Å². The molecule has 0 aromatic heterocycles. The molecule has 0 amide bonds. The molecule has 2 aliphatic heterocycles. The first-order valence-corrected chi connectivity index (χ1v) is 11.8. The zero-order chi connectivity index (χ0) is 23.3. The fourth-order valence-electron chi connectivity index (χ4n) is 5.61. The SMILES string of the molecule is COc1ccc(C2=C(c3ccc(C)cc3)c3cc4c(cc3C2(C)N2CCOCC2)OCO4)cc1. The molecule has 0 spiro atoms. The highest BCUT2D eigenvalue weighted by Crippen LogP contribution is 2.57. The van der Waals surface area contributed by atoms with Gasteiger partial charge in [0.2, 0.25) is 6.79 Å². The lowest BCUT2D eigenvalue weighted by molar-refractivity contribution is 0.00191. The highest BCUT2D eigenvalue weighted by Gasteiger charge is 2.48. The number of nitrogens with zero attached hydrogens (tertiary/aromatic N) is 1. The maximum atomic E-state index is 5.83. The number of hydrogen-bond donors (Lipinski definition) is 0. The monoisotopic (exact) mass is 455 g/mol. The predicted octanol–water partition coefficient (Wildman–Crippen LogP) is 5.25. The normalized spacial score (nSPS) is 21.6. The number of benzene rings is 3. The topological polar surface area (TPSA) is 40.2 Å². The fourth-order valence-corrected chi connectivity index (χ4v) is 5.61. The van der Waals surface area contributed by atoms with E-state index in [0.29, 0.717) is 0 Å². The first-order chi connectivity index (χ1) is 16.6. The van der Waals surface area contributed by atoms with Crippen molar-refractivity contribution in [2.45, 2.75) is 19.4 Å². The average Bonchev–Trinajstić information content (AvgIpc) is 3.44. The van der Waals surface area contributed by atoms with Crippen molar-refractivity contribution in [3.8, 4) is 17.2 Å². The molecule has 5 nitrogen and oxygen atoms in total. The van der Waals surface area contributed by atoms with E-state index in [4.69, 9.17) is 18.9 Å². The Balaban J connectivity index is 1.66. The Hall–Kier alpha value is -3.28. The number of aryl methyl sites for hydroxylation is 1. The molecule has 174 valence electrons. The molecule has 1 unspecified atom stereocenters. The summed E-state index contributed by atoms with van der Waals surface area (Å²) in [5.41, 5.74) is 8.27. The molecule has 1 fully saturated rings. The van der Waals surface area contributed by atoms with Crippen LogP contribution < -0.4 is 14.2 Å². The van der Waals surface area contributed by atoms with Crippen LogP contribution in [-0.2, 0) is 10.3 Å². The Morgan fingerprint density at radius 2 is 1.50 bits per heavy atom. The van der Waals surface area contributed by atoms with Gasteiger partial charge in [-0.2, -0.15) is 0 Å². The Morgan fingerprint density at radius 3 is 2.18 bits per heavy atom. The first-order valence-electron chi connectivity index (χ1n) is 11.8. The largest absolute Gasteiger partial charge is 0.497 e. The van der Waals surface area contributed by atoms with Crippen molar-refractivity contribution in [1.29, 1.82) is 0 Å². The second kappa shape index (κ2) is 8.19. The van der Waals surface area contributed by atoms with Crippen LogP contribution in [0.5, 0.6) is 17.2 Å². The van der Waals surface area contributed by atoms with Crippen molar-refractivity contribution in [3.05, 3.63) is 88.5 Å². The summed E-state index contributed by atoms with van der Waals surface area (Å²) in [6.07, 6.45) is 0. The zero-order valence-electron chi connectivity index (χ0n) is 19.9. The van der Waals surface area contributed by atoms with E-state index in [-0.39, 0.29) is 12.3 Å². The summed E-state index contributed by atoms with van der Waals surface area (Å²) in [6.45, 7) is 7.93. The molecule has 1 saturated heterocycles. The smallest absolute Gasteiger partial charge is 0.231 e. The summed E-state index contributed by atoms with van der Waals surface area (Å²) in [4.78, 5) is 2.55. The molecule has 1 atom stereocenters. The van der Waals surface area contributed by atoms with E-state index in [1.807, 2.05) is 12.1 Å². The number of hydrogen-bond acceptors (Lipinski definition) is 5. The van der Waals surface area contributed by atoms with Gasteiger partial charge in [-0.15, -0.1) is 0 Å². The Bertz CT molecular complexity index is 1260. The summed E-state index contributed by atoms with van der Waals surface area (Å²) in [6, 6.07) is 21.6. The summed E-state index contributed by atoms with van der Waals surface area (Å²) < 4.78 is 22.9. The third-order valence-corrected chi connectivity index (χ3v) is 7.41. The lowest BCUT2D eigenvalue weighted by Crippen LogP contribution is -2.49. The minimum absolute atomic E-state index is 0.265. The van der Waals surface area contributed by atoms with Crippen molar-refractivity contribution in [2.75, 3.05) is 40.2 Å². The van der Waals surface area contributed by atoms with E-state index in [1.165, 1.54) is 39.0 Å². The molecule has 2 heterocycles. The van der Waals surface area contributed by atoms with Crippen LogP contribution in [0.4, 0.5) is 0 Å². The molecular formula is C29H29NO4. The third-order valence-electron chi connectivity index (χ3n) is 7.41. The molecule has 34 heavy (non-hydrogen) atoms. The predicted molar refractivity (Wildman–Crippen MR) is 132 cm³/mol. The van der Waals surface area contributed by atoms with Crippen LogP contribution in [0.25, 0.3) is 11.1 Å². The molecule has 0 bridgehead atoms. The lowest BCUT2D eigenvalue weighted by Gasteiger charge is -2.43. The van der Waals surface area contributed by atoms with Crippen molar-refractivity contribution < 1.29 is 18.9 Å². The summed E-state index contributed by atoms with van der Waals surface area (Å²) >= 11 is 0. The first kappa shape index (κ1) is 21.3. The number of fused-ring (bicyclic) bond motifs is 2. The van der Waals surface area contributed by atoms with Crippen molar-refractivity contribution >= 4 is 11.1 Å². The van der Waals surface area contributed by atoms with Gasteiger partial charge in [-0.3, -0.25) is 4.90 Å². The van der Waals surface area contributed by atoms with Gasteiger partial charge in [0, 0.05) is 13.1 Å². The molecule has 3 aromatic rings. The summed E-state index contributed by atoms with van der Waals surface area (Å²) in [7, 11) is 1.71. The van der Waals surface area contributed by atoms with Gasteiger partial charge in [-0.05, 0) is 71.5 Å². The Kier molecular flexibility index (Phi) is 5.12. The van der Waals surface area contributed by atoms with E-state index >= 15 is 0 Å². The van der Waals surface area contributed by atoms with Gasteiger partial charge in [-0.25, -0.2) is 0 Å². The number of methoxy groups -OCH3 is 1. The minimum Gasteiger partial charge on any atom is -0.497 e. The fraction of sp³-hybridized carbons (Fsp3) is 0.310. The molecule has 6 rings (SSSR count). The van der Waals surface area contributed by atoms with Gasteiger partial charge >= 0.3 is 0 Å².